The molecular weight excluding hydrogens is 333 g/mol. The van der Waals surface area contributed by atoms with E-state index < -0.39 is 0 Å². The van der Waals surface area contributed by atoms with Crippen molar-refractivity contribution in [3.05, 3.63) is 57.3 Å². The molecule has 2 rings (SSSR count). The maximum Gasteiger partial charge on any atom is 0.144 e. The van der Waals surface area contributed by atoms with Gasteiger partial charge in [0.1, 0.15) is 17.3 Å². The number of ether oxygens (including phenoxy) is 1. The Kier molecular flexibility index (Phi) is 4.80. The van der Waals surface area contributed by atoms with Gasteiger partial charge in [-0.3, -0.25) is 0 Å². The summed E-state index contributed by atoms with van der Waals surface area (Å²) in [5.74, 6) is 0.629. The molecule has 1 N–H and O–H groups in total. The number of halogens is 3. The van der Waals surface area contributed by atoms with Gasteiger partial charge < -0.3 is 10.1 Å². The predicted molar refractivity (Wildman–Crippen MR) is 78.4 cm³/mol. The molecule has 0 spiro atoms. The summed E-state index contributed by atoms with van der Waals surface area (Å²) in [5.41, 5.74) is 0.981. The zero-order chi connectivity index (χ0) is 13.8. The van der Waals surface area contributed by atoms with Crippen molar-refractivity contribution in [2.45, 2.75) is 6.54 Å². The van der Waals surface area contributed by atoms with Gasteiger partial charge in [-0.15, -0.1) is 0 Å². The van der Waals surface area contributed by atoms with Crippen LogP contribution in [0.5, 0.6) is 11.5 Å². The summed E-state index contributed by atoms with van der Waals surface area (Å²) >= 11 is 9.45. The maximum atomic E-state index is 13.2. The molecule has 0 saturated carbocycles. The van der Waals surface area contributed by atoms with Crippen molar-refractivity contribution in [2.24, 2.45) is 0 Å². The van der Waals surface area contributed by atoms with Crippen molar-refractivity contribution < 1.29 is 9.13 Å². The molecule has 0 radical (unpaired) electrons. The monoisotopic (exact) mass is 343 g/mol. The van der Waals surface area contributed by atoms with Crippen molar-refractivity contribution in [3.63, 3.8) is 0 Å². The molecule has 0 saturated heterocycles. The van der Waals surface area contributed by atoms with E-state index >= 15 is 0 Å². The van der Waals surface area contributed by atoms with Crippen LogP contribution >= 0.6 is 27.5 Å². The number of hydrogen-bond donors (Lipinski definition) is 1. The lowest BCUT2D eigenvalue weighted by molar-refractivity contribution is 0.473. The Balaban J connectivity index is 2.24. The van der Waals surface area contributed by atoms with E-state index in [0.717, 1.165) is 5.56 Å². The molecule has 0 heterocycles. The van der Waals surface area contributed by atoms with E-state index in [1.165, 1.54) is 12.1 Å². The molecule has 100 valence electrons. The Morgan fingerprint density at radius 1 is 1.26 bits per heavy atom. The second-order valence-electron chi connectivity index (χ2n) is 3.96. The average Bonchev–Trinajstić information content (AvgIpc) is 2.37. The quantitative estimate of drug-likeness (QED) is 0.864. The summed E-state index contributed by atoms with van der Waals surface area (Å²) < 4.78 is 19.5. The third-order valence-electron chi connectivity index (χ3n) is 2.51. The molecule has 2 aromatic carbocycles. The van der Waals surface area contributed by atoms with Crippen LogP contribution in [-0.4, -0.2) is 7.05 Å². The van der Waals surface area contributed by atoms with E-state index in [1.54, 1.807) is 18.2 Å². The summed E-state index contributed by atoms with van der Waals surface area (Å²) in [6, 6.07) is 9.67. The fourth-order valence-electron chi connectivity index (χ4n) is 1.61. The van der Waals surface area contributed by atoms with Gasteiger partial charge in [0, 0.05) is 17.6 Å². The summed E-state index contributed by atoms with van der Waals surface area (Å²) in [5, 5.41) is 3.64. The molecular formula is C14H12BrClFNO. The molecule has 0 bridgehead atoms. The van der Waals surface area contributed by atoms with E-state index in [1.807, 2.05) is 13.1 Å². The van der Waals surface area contributed by atoms with Crippen molar-refractivity contribution in [1.29, 1.82) is 0 Å². The Hall–Kier alpha value is -1.10. The van der Waals surface area contributed by atoms with E-state index in [2.05, 4.69) is 21.2 Å². The van der Waals surface area contributed by atoms with Gasteiger partial charge >= 0.3 is 0 Å². The Morgan fingerprint density at radius 2 is 2.05 bits per heavy atom. The summed E-state index contributed by atoms with van der Waals surface area (Å²) in [6.07, 6.45) is 0. The Morgan fingerprint density at radius 3 is 2.74 bits per heavy atom. The standard InChI is InChI=1S/C14H12BrClFNO/c1-18-8-9-2-4-11(7-13(9)16)19-14-6-10(17)3-5-12(14)15/h2-7,18H,8H2,1H3. The van der Waals surface area contributed by atoms with Gasteiger partial charge in [0.05, 0.1) is 4.47 Å². The predicted octanol–water partition coefficient (Wildman–Crippen LogP) is 4.75. The number of benzene rings is 2. The smallest absolute Gasteiger partial charge is 0.144 e. The van der Waals surface area contributed by atoms with E-state index in [4.69, 9.17) is 16.3 Å². The fraction of sp³-hybridized carbons (Fsp3) is 0.143. The normalized spacial score (nSPS) is 10.5. The van der Waals surface area contributed by atoms with Crippen LogP contribution in [0.25, 0.3) is 0 Å². The van der Waals surface area contributed by atoms with Gasteiger partial charge in [-0.1, -0.05) is 17.7 Å². The molecule has 2 aromatic rings. The third-order valence-corrected chi connectivity index (χ3v) is 3.52. The first kappa shape index (κ1) is 14.3. The minimum Gasteiger partial charge on any atom is -0.456 e. The van der Waals surface area contributed by atoms with Gasteiger partial charge in [0.15, 0.2) is 0 Å². The van der Waals surface area contributed by atoms with Crippen molar-refractivity contribution >= 4 is 27.5 Å². The number of hydrogen-bond acceptors (Lipinski definition) is 2. The van der Waals surface area contributed by atoms with Crippen LogP contribution in [0, 0.1) is 5.82 Å². The summed E-state index contributed by atoms with van der Waals surface area (Å²) in [6.45, 7) is 0.683. The van der Waals surface area contributed by atoms with Gasteiger partial charge in [0.25, 0.3) is 0 Å². The van der Waals surface area contributed by atoms with Crippen LogP contribution in [0.2, 0.25) is 5.02 Å². The van der Waals surface area contributed by atoms with Crippen molar-refractivity contribution in [1.82, 2.24) is 5.32 Å². The third kappa shape index (κ3) is 3.69. The summed E-state index contributed by atoms with van der Waals surface area (Å²) in [7, 11) is 1.85. The maximum absolute atomic E-state index is 13.2. The number of rotatable bonds is 4. The number of nitrogens with one attached hydrogen (secondary N) is 1. The molecule has 0 aliphatic heterocycles. The highest BCUT2D eigenvalue weighted by Crippen LogP contribution is 2.32. The highest BCUT2D eigenvalue weighted by atomic mass is 79.9. The molecule has 0 aromatic heterocycles. The van der Waals surface area contributed by atoms with E-state index in [-0.39, 0.29) is 5.82 Å². The molecule has 2 nitrogen and oxygen atoms in total. The molecule has 0 amide bonds. The molecule has 0 aliphatic carbocycles. The van der Waals surface area contributed by atoms with Crippen LogP contribution in [-0.2, 0) is 6.54 Å². The fourth-order valence-corrected chi connectivity index (χ4v) is 2.17. The molecule has 0 aliphatic rings. The molecule has 0 unspecified atom stereocenters. The van der Waals surface area contributed by atoms with Crippen LogP contribution in [0.1, 0.15) is 5.56 Å². The Labute approximate surface area is 124 Å². The van der Waals surface area contributed by atoms with E-state index in [0.29, 0.717) is 27.5 Å². The Bertz CT molecular complexity index is 592. The second-order valence-corrected chi connectivity index (χ2v) is 5.22. The van der Waals surface area contributed by atoms with Crippen molar-refractivity contribution in [3.8, 4) is 11.5 Å². The lowest BCUT2D eigenvalue weighted by Crippen LogP contribution is -2.05. The SMILES string of the molecule is CNCc1ccc(Oc2cc(F)ccc2Br)cc1Cl. The van der Waals surface area contributed by atoms with Crippen LogP contribution in [0.3, 0.4) is 0 Å². The van der Waals surface area contributed by atoms with Gasteiger partial charge in [0.2, 0.25) is 0 Å². The van der Waals surface area contributed by atoms with Crippen LogP contribution in [0.15, 0.2) is 40.9 Å². The first-order chi connectivity index (χ1) is 9.10. The topological polar surface area (TPSA) is 21.3 Å². The van der Waals surface area contributed by atoms with Crippen molar-refractivity contribution in [2.75, 3.05) is 7.05 Å². The van der Waals surface area contributed by atoms with Gasteiger partial charge in [-0.25, -0.2) is 4.39 Å². The van der Waals surface area contributed by atoms with Crippen LogP contribution in [0.4, 0.5) is 4.39 Å². The van der Waals surface area contributed by atoms with Crippen LogP contribution < -0.4 is 10.1 Å². The second kappa shape index (κ2) is 6.37. The van der Waals surface area contributed by atoms with Gasteiger partial charge in [-0.05, 0) is 52.8 Å². The molecule has 0 atom stereocenters. The summed E-state index contributed by atoms with van der Waals surface area (Å²) in [4.78, 5) is 0. The first-order valence-electron chi connectivity index (χ1n) is 5.66. The minimum atomic E-state index is -0.351. The average molecular weight is 345 g/mol. The molecule has 5 heteroatoms. The zero-order valence-corrected chi connectivity index (χ0v) is 12.6. The highest BCUT2D eigenvalue weighted by molar-refractivity contribution is 9.10. The van der Waals surface area contributed by atoms with Gasteiger partial charge in [-0.2, -0.15) is 0 Å². The highest BCUT2D eigenvalue weighted by Gasteiger charge is 2.07. The lowest BCUT2D eigenvalue weighted by atomic mass is 10.2. The molecule has 19 heavy (non-hydrogen) atoms. The zero-order valence-electron chi connectivity index (χ0n) is 10.2. The lowest BCUT2D eigenvalue weighted by Gasteiger charge is -2.10. The first-order valence-corrected chi connectivity index (χ1v) is 6.83. The van der Waals surface area contributed by atoms with E-state index in [9.17, 15) is 4.39 Å². The minimum absolute atomic E-state index is 0.351. The molecule has 0 fully saturated rings. The largest absolute Gasteiger partial charge is 0.456 e.